The third-order valence-corrected chi connectivity index (χ3v) is 5.00. The third kappa shape index (κ3) is 2.85. The summed E-state index contributed by atoms with van der Waals surface area (Å²) in [5.74, 6) is 0. The van der Waals surface area contributed by atoms with Crippen molar-refractivity contribution in [2.45, 2.75) is 39.3 Å². The van der Waals surface area contributed by atoms with Crippen LogP contribution in [0.1, 0.15) is 31.0 Å². The average Bonchev–Trinajstić information content (AvgIpc) is 3.11. The van der Waals surface area contributed by atoms with E-state index in [1.807, 2.05) is 0 Å². The largest absolute Gasteiger partial charge is 0.346 e. The quantitative estimate of drug-likeness (QED) is 0.911. The van der Waals surface area contributed by atoms with Gasteiger partial charge in [-0.3, -0.25) is 4.90 Å². The molecule has 1 aliphatic rings. The Kier molecular flexibility index (Phi) is 4.32. The molecule has 1 aromatic heterocycles. The lowest BCUT2D eigenvalue weighted by Crippen LogP contribution is -2.38. The van der Waals surface area contributed by atoms with Gasteiger partial charge in [0, 0.05) is 42.8 Å². The maximum Gasteiger partial charge on any atom is 0.0483 e. The SMILES string of the molecule is Cc1c(CNCC(C)N2CCCC2)n(C)c2ccccc12. The van der Waals surface area contributed by atoms with E-state index in [0.29, 0.717) is 6.04 Å². The van der Waals surface area contributed by atoms with E-state index >= 15 is 0 Å². The molecule has 0 bridgehead atoms. The lowest BCUT2D eigenvalue weighted by atomic mass is 10.1. The second-order valence-electron chi connectivity index (χ2n) is 6.37. The molecule has 0 radical (unpaired) electrons. The first-order valence-corrected chi connectivity index (χ1v) is 8.16. The molecule has 2 heterocycles. The van der Waals surface area contributed by atoms with Crippen molar-refractivity contribution < 1.29 is 0 Å². The fourth-order valence-electron chi connectivity index (χ4n) is 3.60. The summed E-state index contributed by atoms with van der Waals surface area (Å²) in [6.07, 6.45) is 2.74. The van der Waals surface area contributed by atoms with Gasteiger partial charge in [0.25, 0.3) is 0 Å². The number of rotatable bonds is 5. The molecule has 1 atom stereocenters. The predicted molar refractivity (Wildman–Crippen MR) is 89.6 cm³/mol. The molecule has 3 nitrogen and oxygen atoms in total. The molecule has 0 amide bonds. The maximum absolute atomic E-state index is 3.66. The van der Waals surface area contributed by atoms with Crippen LogP contribution in [0, 0.1) is 6.92 Å². The summed E-state index contributed by atoms with van der Waals surface area (Å²) in [5, 5.41) is 5.04. The summed E-state index contributed by atoms with van der Waals surface area (Å²) in [4.78, 5) is 2.60. The zero-order valence-corrected chi connectivity index (χ0v) is 13.5. The van der Waals surface area contributed by atoms with E-state index in [9.17, 15) is 0 Å². The summed E-state index contributed by atoms with van der Waals surface area (Å²) in [7, 11) is 2.18. The van der Waals surface area contributed by atoms with Gasteiger partial charge in [-0.15, -0.1) is 0 Å². The molecule has 1 saturated heterocycles. The molecule has 0 aliphatic carbocycles. The Bertz CT molecular complexity index is 569. The number of hydrogen-bond donors (Lipinski definition) is 1. The number of aryl methyl sites for hydroxylation is 2. The fourth-order valence-corrected chi connectivity index (χ4v) is 3.60. The summed E-state index contributed by atoms with van der Waals surface area (Å²) >= 11 is 0. The van der Waals surface area contributed by atoms with Crippen molar-refractivity contribution >= 4 is 10.9 Å². The number of benzene rings is 1. The van der Waals surface area contributed by atoms with Crippen LogP contribution < -0.4 is 5.32 Å². The number of aromatic nitrogens is 1. The number of nitrogens with one attached hydrogen (secondary N) is 1. The van der Waals surface area contributed by atoms with Crippen molar-refractivity contribution in [1.29, 1.82) is 0 Å². The summed E-state index contributed by atoms with van der Waals surface area (Å²) in [6.45, 7) is 9.15. The van der Waals surface area contributed by atoms with Gasteiger partial charge in [0.15, 0.2) is 0 Å². The van der Waals surface area contributed by atoms with Crippen molar-refractivity contribution in [3.05, 3.63) is 35.5 Å². The molecule has 1 N–H and O–H groups in total. The molecule has 21 heavy (non-hydrogen) atoms. The monoisotopic (exact) mass is 285 g/mol. The number of fused-ring (bicyclic) bond motifs is 1. The standard InChI is InChI=1S/C18H27N3/c1-14(21-10-6-7-11-21)12-19-13-18-15(2)16-8-4-5-9-17(16)20(18)3/h4-5,8-9,14,19H,6-7,10-13H2,1-3H3. The third-order valence-electron chi connectivity index (χ3n) is 5.00. The molecule has 3 rings (SSSR count). The van der Waals surface area contributed by atoms with Crippen molar-refractivity contribution in [1.82, 2.24) is 14.8 Å². The van der Waals surface area contributed by atoms with E-state index in [-0.39, 0.29) is 0 Å². The Labute approximate surface area is 127 Å². The minimum atomic E-state index is 0.641. The van der Waals surface area contributed by atoms with Gasteiger partial charge in [-0.2, -0.15) is 0 Å². The summed E-state index contributed by atoms with van der Waals surface area (Å²) in [5.41, 5.74) is 4.15. The molecule has 0 spiro atoms. The lowest BCUT2D eigenvalue weighted by molar-refractivity contribution is 0.251. The Morgan fingerprint density at radius 1 is 1.19 bits per heavy atom. The molecule has 2 aromatic rings. The molecule has 1 fully saturated rings. The fraction of sp³-hybridized carbons (Fsp3) is 0.556. The van der Waals surface area contributed by atoms with Crippen LogP contribution >= 0.6 is 0 Å². The molecule has 1 aromatic carbocycles. The van der Waals surface area contributed by atoms with E-state index in [1.54, 1.807) is 0 Å². The van der Waals surface area contributed by atoms with Gasteiger partial charge in [-0.1, -0.05) is 18.2 Å². The molecule has 114 valence electrons. The molecule has 0 saturated carbocycles. The first-order chi connectivity index (χ1) is 10.2. The first-order valence-electron chi connectivity index (χ1n) is 8.16. The van der Waals surface area contributed by atoms with Crippen LogP contribution in [0.4, 0.5) is 0 Å². The number of likely N-dealkylation sites (tertiary alicyclic amines) is 1. The number of hydrogen-bond acceptors (Lipinski definition) is 2. The zero-order chi connectivity index (χ0) is 14.8. The van der Waals surface area contributed by atoms with Gasteiger partial charge in [0.2, 0.25) is 0 Å². The number of para-hydroxylation sites is 1. The van der Waals surface area contributed by atoms with E-state index in [2.05, 4.69) is 59.9 Å². The Morgan fingerprint density at radius 2 is 1.90 bits per heavy atom. The van der Waals surface area contributed by atoms with Crippen LogP contribution in [0.5, 0.6) is 0 Å². The van der Waals surface area contributed by atoms with Gasteiger partial charge < -0.3 is 9.88 Å². The summed E-state index contributed by atoms with van der Waals surface area (Å²) < 4.78 is 2.33. The van der Waals surface area contributed by atoms with Gasteiger partial charge in [-0.05, 0) is 51.4 Å². The summed E-state index contributed by atoms with van der Waals surface area (Å²) in [6, 6.07) is 9.32. The van der Waals surface area contributed by atoms with Crippen molar-refractivity contribution in [3.8, 4) is 0 Å². The average molecular weight is 285 g/mol. The van der Waals surface area contributed by atoms with Crippen LogP contribution in [0.15, 0.2) is 24.3 Å². The molecule has 1 aliphatic heterocycles. The second kappa shape index (κ2) is 6.20. The van der Waals surface area contributed by atoms with Gasteiger partial charge in [0.1, 0.15) is 0 Å². The molecular formula is C18H27N3. The van der Waals surface area contributed by atoms with Gasteiger partial charge in [0.05, 0.1) is 0 Å². The predicted octanol–water partition coefficient (Wildman–Crippen LogP) is 3.06. The maximum atomic E-state index is 3.66. The van der Waals surface area contributed by atoms with Crippen LogP contribution in [0.3, 0.4) is 0 Å². The molecule has 3 heteroatoms. The van der Waals surface area contributed by atoms with Crippen molar-refractivity contribution in [3.63, 3.8) is 0 Å². The molecular weight excluding hydrogens is 258 g/mol. The smallest absolute Gasteiger partial charge is 0.0483 e. The van der Waals surface area contributed by atoms with Crippen LogP contribution in [-0.4, -0.2) is 35.1 Å². The van der Waals surface area contributed by atoms with Crippen LogP contribution in [0.25, 0.3) is 10.9 Å². The van der Waals surface area contributed by atoms with Crippen LogP contribution in [-0.2, 0) is 13.6 Å². The molecule has 1 unspecified atom stereocenters. The van der Waals surface area contributed by atoms with E-state index < -0.39 is 0 Å². The van der Waals surface area contributed by atoms with Crippen molar-refractivity contribution in [2.24, 2.45) is 7.05 Å². The first kappa shape index (κ1) is 14.6. The minimum Gasteiger partial charge on any atom is -0.346 e. The van der Waals surface area contributed by atoms with E-state index in [4.69, 9.17) is 0 Å². The van der Waals surface area contributed by atoms with Crippen LogP contribution in [0.2, 0.25) is 0 Å². The minimum absolute atomic E-state index is 0.641. The highest BCUT2D eigenvalue weighted by Gasteiger charge is 2.18. The van der Waals surface area contributed by atoms with Crippen molar-refractivity contribution in [2.75, 3.05) is 19.6 Å². The normalized spacial score (nSPS) is 17.7. The highest BCUT2D eigenvalue weighted by Crippen LogP contribution is 2.24. The highest BCUT2D eigenvalue weighted by molar-refractivity contribution is 5.85. The Hall–Kier alpha value is -1.32. The van der Waals surface area contributed by atoms with Gasteiger partial charge in [-0.25, -0.2) is 0 Å². The zero-order valence-electron chi connectivity index (χ0n) is 13.5. The Morgan fingerprint density at radius 3 is 2.62 bits per heavy atom. The second-order valence-corrected chi connectivity index (χ2v) is 6.37. The topological polar surface area (TPSA) is 20.2 Å². The number of nitrogens with zero attached hydrogens (tertiary/aromatic N) is 2. The highest BCUT2D eigenvalue weighted by atomic mass is 15.2. The lowest BCUT2D eigenvalue weighted by Gasteiger charge is -2.24. The Balaban J connectivity index is 1.65. The van der Waals surface area contributed by atoms with Gasteiger partial charge >= 0.3 is 0 Å². The van der Waals surface area contributed by atoms with E-state index in [0.717, 1.165) is 13.1 Å². The van der Waals surface area contributed by atoms with E-state index in [1.165, 1.54) is 48.1 Å².